The SMILES string of the molecule is CCOCCCCCCCCCCCCCCCn1ccnc1. The summed E-state index contributed by atoms with van der Waals surface area (Å²) >= 11 is 0. The first-order chi connectivity index (χ1) is 11.4. The van der Waals surface area contributed by atoms with Crippen LogP contribution >= 0.6 is 0 Å². The number of rotatable bonds is 17. The van der Waals surface area contributed by atoms with E-state index >= 15 is 0 Å². The van der Waals surface area contributed by atoms with Crippen molar-refractivity contribution in [3.63, 3.8) is 0 Å². The highest BCUT2D eigenvalue weighted by Gasteiger charge is 1.95. The summed E-state index contributed by atoms with van der Waals surface area (Å²) in [5, 5.41) is 0. The molecular formula is C20H38N2O. The fourth-order valence-corrected chi connectivity index (χ4v) is 3.01. The van der Waals surface area contributed by atoms with Crippen molar-refractivity contribution in [2.75, 3.05) is 13.2 Å². The number of unbranched alkanes of at least 4 members (excludes halogenated alkanes) is 12. The average molecular weight is 323 g/mol. The fraction of sp³-hybridized carbons (Fsp3) is 0.850. The zero-order valence-electron chi connectivity index (χ0n) is 15.3. The first-order valence-electron chi connectivity index (χ1n) is 9.97. The molecule has 0 aliphatic carbocycles. The average Bonchev–Trinajstić information content (AvgIpc) is 3.08. The Bertz CT molecular complexity index is 324. The van der Waals surface area contributed by atoms with Crippen LogP contribution in [-0.4, -0.2) is 22.8 Å². The van der Waals surface area contributed by atoms with E-state index in [2.05, 4.69) is 22.7 Å². The van der Waals surface area contributed by atoms with Crippen LogP contribution in [0.3, 0.4) is 0 Å². The van der Waals surface area contributed by atoms with Crippen molar-refractivity contribution >= 4 is 0 Å². The predicted octanol–water partition coefficient (Wildman–Crippen LogP) is 5.99. The smallest absolute Gasteiger partial charge is 0.0945 e. The van der Waals surface area contributed by atoms with Crippen molar-refractivity contribution in [2.45, 2.75) is 96.9 Å². The summed E-state index contributed by atoms with van der Waals surface area (Å²) in [6.45, 7) is 5.02. The number of hydrogen-bond donors (Lipinski definition) is 0. The van der Waals surface area contributed by atoms with Gasteiger partial charge in [0.2, 0.25) is 0 Å². The minimum Gasteiger partial charge on any atom is -0.382 e. The maximum Gasteiger partial charge on any atom is 0.0945 e. The van der Waals surface area contributed by atoms with Crippen LogP contribution in [0, 0.1) is 0 Å². The Hall–Kier alpha value is -0.830. The minimum atomic E-state index is 0.866. The minimum absolute atomic E-state index is 0.866. The van der Waals surface area contributed by atoms with Gasteiger partial charge in [0.15, 0.2) is 0 Å². The highest BCUT2D eigenvalue weighted by molar-refractivity contribution is 4.73. The summed E-state index contributed by atoms with van der Waals surface area (Å²) < 4.78 is 7.53. The van der Waals surface area contributed by atoms with Crippen LogP contribution in [0.4, 0.5) is 0 Å². The molecule has 3 nitrogen and oxygen atoms in total. The second kappa shape index (κ2) is 16.0. The van der Waals surface area contributed by atoms with Gasteiger partial charge in [-0.3, -0.25) is 0 Å². The van der Waals surface area contributed by atoms with Crippen LogP contribution < -0.4 is 0 Å². The number of aromatic nitrogens is 2. The van der Waals surface area contributed by atoms with E-state index in [9.17, 15) is 0 Å². The maximum atomic E-state index is 5.36. The van der Waals surface area contributed by atoms with Crippen molar-refractivity contribution in [3.8, 4) is 0 Å². The van der Waals surface area contributed by atoms with E-state index in [1.165, 1.54) is 83.5 Å². The lowest BCUT2D eigenvalue weighted by atomic mass is 10.0. The summed E-state index contributed by atoms with van der Waals surface area (Å²) in [7, 11) is 0. The summed E-state index contributed by atoms with van der Waals surface area (Å²) in [6, 6.07) is 0. The predicted molar refractivity (Wildman–Crippen MR) is 98.7 cm³/mol. The van der Waals surface area contributed by atoms with Crippen LogP contribution in [-0.2, 0) is 11.3 Å². The molecule has 0 unspecified atom stereocenters. The third-order valence-corrected chi connectivity index (χ3v) is 4.47. The molecule has 0 radical (unpaired) electrons. The van der Waals surface area contributed by atoms with Gasteiger partial charge in [0.05, 0.1) is 6.33 Å². The van der Waals surface area contributed by atoms with Gasteiger partial charge in [0.25, 0.3) is 0 Å². The largest absolute Gasteiger partial charge is 0.382 e. The molecule has 134 valence electrons. The third kappa shape index (κ3) is 13.3. The molecule has 0 N–H and O–H groups in total. The number of ether oxygens (including phenoxy) is 1. The van der Waals surface area contributed by atoms with E-state index < -0.39 is 0 Å². The van der Waals surface area contributed by atoms with Gasteiger partial charge in [-0.05, 0) is 19.8 Å². The summed E-state index contributed by atoms with van der Waals surface area (Å²) in [4.78, 5) is 4.07. The molecule has 0 atom stereocenters. The van der Waals surface area contributed by atoms with Gasteiger partial charge in [0, 0.05) is 32.2 Å². The standard InChI is InChI=1S/C20H38N2O/c1-2-23-19-15-13-11-9-7-5-3-4-6-8-10-12-14-17-22-18-16-21-20-22/h16,18,20H,2-15,17,19H2,1H3. The zero-order chi connectivity index (χ0) is 16.4. The van der Waals surface area contributed by atoms with Gasteiger partial charge in [-0.2, -0.15) is 0 Å². The summed E-state index contributed by atoms with van der Waals surface area (Å²) in [5.41, 5.74) is 0. The van der Waals surface area contributed by atoms with Crippen molar-refractivity contribution < 1.29 is 4.74 Å². The van der Waals surface area contributed by atoms with Crippen LogP contribution in [0.15, 0.2) is 18.7 Å². The van der Waals surface area contributed by atoms with Gasteiger partial charge in [0.1, 0.15) is 0 Å². The van der Waals surface area contributed by atoms with Crippen LogP contribution in [0.2, 0.25) is 0 Å². The topological polar surface area (TPSA) is 27.1 Å². The normalized spacial score (nSPS) is 11.2. The lowest BCUT2D eigenvalue weighted by molar-refractivity contribution is 0.143. The summed E-state index contributed by atoms with van der Waals surface area (Å²) in [6.07, 6.45) is 23.9. The molecule has 1 rings (SSSR count). The number of nitrogens with zero attached hydrogens (tertiary/aromatic N) is 2. The molecule has 0 amide bonds. The Morgan fingerprint density at radius 2 is 1.26 bits per heavy atom. The van der Waals surface area contributed by atoms with Gasteiger partial charge < -0.3 is 9.30 Å². The molecule has 0 aromatic carbocycles. The Kier molecular flexibility index (Phi) is 14.1. The van der Waals surface area contributed by atoms with E-state index in [0.717, 1.165) is 19.8 Å². The van der Waals surface area contributed by atoms with E-state index in [-0.39, 0.29) is 0 Å². The van der Waals surface area contributed by atoms with Gasteiger partial charge >= 0.3 is 0 Å². The molecule has 0 fully saturated rings. The molecular weight excluding hydrogens is 284 g/mol. The second-order valence-corrected chi connectivity index (χ2v) is 6.59. The van der Waals surface area contributed by atoms with Crippen molar-refractivity contribution in [3.05, 3.63) is 18.7 Å². The third-order valence-electron chi connectivity index (χ3n) is 4.47. The fourth-order valence-electron chi connectivity index (χ4n) is 3.01. The molecule has 0 bridgehead atoms. The van der Waals surface area contributed by atoms with Crippen LogP contribution in [0.5, 0.6) is 0 Å². The molecule has 1 aromatic rings. The Morgan fingerprint density at radius 1 is 0.739 bits per heavy atom. The molecule has 0 saturated heterocycles. The number of imidazole rings is 1. The van der Waals surface area contributed by atoms with Crippen LogP contribution in [0.25, 0.3) is 0 Å². The molecule has 3 heteroatoms. The Balaban J connectivity index is 1.67. The molecule has 1 aromatic heterocycles. The molecule has 0 aliphatic heterocycles. The maximum absolute atomic E-state index is 5.36. The highest BCUT2D eigenvalue weighted by atomic mass is 16.5. The zero-order valence-corrected chi connectivity index (χ0v) is 15.3. The Morgan fingerprint density at radius 3 is 1.74 bits per heavy atom. The van der Waals surface area contributed by atoms with E-state index in [4.69, 9.17) is 4.74 Å². The second-order valence-electron chi connectivity index (χ2n) is 6.59. The quantitative estimate of drug-likeness (QED) is 0.329. The van der Waals surface area contributed by atoms with E-state index in [1.54, 1.807) is 0 Å². The molecule has 0 spiro atoms. The molecule has 0 aliphatic rings. The number of aryl methyl sites for hydroxylation is 1. The monoisotopic (exact) mass is 322 g/mol. The van der Waals surface area contributed by atoms with E-state index in [0.29, 0.717) is 0 Å². The lowest BCUT2D eigenvalue weighted by Crippen LogP contribution is -1.94. The van der Waals surface area contributed by atoms with Crippen molar-refractivity contribution in [1.82, 2.24) is 9.55 Å². The molecule has 0 saturated carbocycles. The lowest BCUT2D eigenvalue weighted by Gasteiger charge is -2.04. The highest BCUT2D eigenvalue weighted by Crippen LogP contribution is 2.12. The first kappa shape index (κ1) is 20.2. The van der Waals surface area contributed by atoms with E-state index in [1.807, 2.05) is 12.5 Å². The van der Waals surface area contributed by atoms with Crippen molar-refractivity contribution in [1.29, 1.82) is 0 Å². The Labute approximate surface area is 143 Å². The summed E-state index contributed by atoms with van der Waals surface area (Å²) in [5.74, 6) is 0. The van der Waals surface area contributed by atoms with Gasteiger partial charge in [-0.1, -0.05) is 70.6 Å². The van der Waals surface area contributed by atoms with Gasteiger partial charge in [-0.15, -0.1) is 0 Å². The first-order valence-corrected chi connectivity index (χ1v) is 9.97. The molecule has 1 heterocycles. The van der Waals surface area contributed by atoms with Crippen LogP contribution in [0.1, 0.15) is 90.4 Å². The number of hydrogen-bond acceptors (Lipinski definition) is 2. The molecule has 23 heavy (non-hydrogen) atoms. The van der Waals surface area contributed by atoms with Crippen molar-refractivity contribution in [2.24, 2.45) is 0 Å². The van der Waals surface area contributed by atoms with Gasteiger partial charge in [-0.25, -0.2) is 4.98 Å².